The highest BCUT2D eigenvalue weighted by Gasteiger charge is 2.45. The minimum absolute atomic E-state index is 0.0307. The lowest BCUT2D eigenvalue weighted by Gasteiger charge is -2.44. The Morgan fingerprint density at radius 3 is 2.44 bits per heavy atom. The van der Waals surface area contributed by atoms with Crippen LogP contribution in [0.15, 0.2) is 49.2 Å². The molecule has 3 aromatic rings. The maximum absolute atomic E-state index is 13.2. The van der Waals surface area contributed by atoms with Crippen LogP contribution in [0, 0.1) is 12.3 Å². The summed E-state index contributed by atoms with van der Waals surface area (Å²) in [6.45, 7) is 7.10. The molecule has 0 saturated carbocycles. The maximum atomic E-state index is 13.2. The largest absolute Gasteiger partial charge is 0.464 e. The lowest BCUT2D eigenvalue weighted by atomic mass is 9.79. The molecule has 9 nitrogen and oxygen atoms in total. The van der Waals surface area contributed by atoms with Crippen LogP contribution in [-0.4, -0.2) is 38.5 Å². The summed E-state index contributed by atoms with van der Waals surface area (Å²) in [7, 11) is -3.73. The van der Waals surface area contributed by atoms with Gasteiger partial charge in [0, 0.05) is 18.0 Å². The number of nitrogens with one attached hydrogen (secondary N) is 2. The Kier molecular flexibility index (Phi) is 6.27. The predicted octanol–water partition coefficient (Wildman–Crippen LogP) is 3.94. The van der Waals surface area contributed by atoms with Crippen molar-refractivity contribution in [1.29, 1.82) is 0 Å². The standard InChI is InChI=1S/C25H28ClN3O6S/c1-14-5-4-10-29(14)36(32,33)16-7-8-17(26)18(11-16)27-20-21(23(31)22(20)30)28-24(25(3)12-34-13-25)19-9-6-15(2)35-19/h6-9,11,14,24,27-28H,4-5,10,12-13H2,1-3H3/t14-,24?/m1/s1. The van der Waals surface area contributed by atoms with Gasteiger partial charge in [-0.25, -0.2) is 8.42 Å². The Morgan fingerprint density at radius 2 is 1.86 bits per heavy atom. The van der Waals surface area contributed by atoms with Gasteiger partial charge in [-0.2, -0.15) is 4.31 Å². The number of halogens is 1. The van der Waals surface area contributed by atoms with Gasteiger partial charge in [0.25, 0.3) is 10.9 Å². The number of ether oxygens (including phenoxy) is 1. The van der Waals surface area contributed by atoms with Crippen molar-refractivity contribution in [2.45, 2.75) is 50.6 Å². The molecule has 5 rings (SSSR count). The highest BCUT2D eigenvalue weighted by atomic mass is 35.5. The molecule has 2 atom stereocenters. The minimum atomic E-state index is -3.73. The number of sulfonamides is 1. The van der Waals surface area contributed by atoms with E-state index in [9.17, 15) is 18.0 Å². The summed E-state index contributed by atoms with van der Waals surface area (Å²) in [5, 5.41) is 6.33. The average Bonchev–Trinajstić information content (AvgIpc) is 3.46. The van der Waals surface area contributed by atoms with Crippen LogP contribution in [0.2, 0.25) is 5.02 Å². The minimum Gasteiger partial charge on any atom is -0.464 e. The molecule has 1 aromatic heterocycles. The second kappa shape index (κ2) is 9.02. The molecule has 2 saturated heterocycles. The van der Waals surface area contributed by atoms with Crippen molar-refractivity contribution in [2.24, 2.45) is 5.41 Å². The van der Waals surface area contributed by atoms with Gasteiger partial charge >= 0.3 is 0 Å². The number of furan rings is 1. The Hall–Kier alpha value is -2.66. The summed E-state index contributed by atoms with van der Waals surface area (Å²) in [5.41, 5.74) is -1.37. The van der Waals surface area contributed by atoms with Crippen LogP contribution in [0.5, 0.6) is 0 Å². The van der Waals surface area contributed by atoms with E-state index in [0.717, 1.165) is 18.6 Å². The van der Waals surface area contributed by atoms with Gasteiger partial charge in [0.05, 0.1) is 34.9 Å². The summed E-state index contributed by atoms with van der Waals surface area (Å²) in [5.74, 6) is 1.35. The summed E-state index contributed by atoms with van der Waals surface area (Å²) < 4.78 is 39.1. The molecule has 192 valence electrons. The molecule has 2 aromatic carbocycles. The lowest BCUT2D eigenvalue weighted by molar-refractivity contribution is -0.115. The third-order valence-corrected chi connectivity index (χ3v) is 9.44. The van der Waals surface area contributed by atoms with E-state index < -0.39 is 26.9 Å². The van der Waals surface area contributed by atoms with E-state index in [1.807, 2.05) is 32.9 Å². The fourth-order valence-electron chi connectivity index (χ4n) is 4.88. The average molecular weight is 534 g/mol. The molecular weight excluding hydrogens is 506 g/mol. The van der Waals surface area contributed by atoms with Crippen molar-refractivity contribution in [3.63, 3.8) is 0 Å². The van der Waals surface area contributed by atoms with Crippen LogP contribution < -0.4 is 21.5 Å². The van der Waals surface area contributed by atoms with Gasteiger partial charge in [-0.15, -0.1) is 0 Å². The number of anilines is 3. The molecule has 2 aliphatic heterocycles. The van der Waals surface area contributed by atoms with Crippen LogP contribution in [0.1, 0.15) is 44.3 Å². The van der Waals surface area contributed by atoms with Crippen LogP contribution >= 0.6 is 11.6 Å². The molecule has 36 heavy (non-hydrogen) atoms. The molecule has 0 amide bonds. The Labute approximate surface area is 214 Å². The van der Waals surface area contributed by atoms with Gasteiger partial charge in [-0.1, -0.05) is 18.5 Å². The van der Waals surface area contributed by atoms with E-state index in [0.29, 0.717) is 25.5 Å². The first kappa shape index (κ1) is 25.0. The van der Waals surface area contributed by atoms with Gasteiger partial charge in [-0.3, -0.25) is 9.59 Å². The molecule has 2 fully saturated rings. The first-order chi connectivity index (χ1) is 17.0. The zero-order valence-corrected chi connectivity index (χ0v) is 21.8. The van der Waals surface area contributed by atoms with Crippen LogP contribution in [0.4, 0.5) is 17.1 Å². The second-order valence-corrected chi connectivity index (χ2v) is 12.3. The summed E-state index contributed by atoms with van der Waals surface area (Å²) in [6, 6.07) is 7.48. The van der Waals surface area contributed by atoms with Gasteiger partial charge in [-0.05, 0) is 57.0 Å². The van der Waals surface area contributed by atoms with Crippen molar-refractivity contribution >= 4 is 38.7 Å². The molecule has 2 aliphatic rings. The van der Waals surface area contributed by atoms with Crippen molar-refractivity contribution in [1.82, 2.24) is 4.31 Å². The normalized spacial score (nSPS) is 20.8. The Morgan fingerprint density at radius 1 is 1.14 bits per heavy atom. The fraction of sp³-hybridized carbons (Fsp3) is 0.440. The lowest BCUT2D eigenvalue weighted by Crippen LogP contribution is -2.49. The third kappa shape index (κ3) is 4.15. The van der Waals surface area contributed by atoms with E-state index in [1.165, 1.54) is 22.5 Å². The van der Waals surface area contributed by atoms with E-state index >= 15 is 0 Å². The Balaban J connectivity index is 1.46. The molecule has 3 heterocycles. The van der Waals surface area contributed by atoms with Crippen LogP contribution in [0.3, 0.4) is 0 Å². The summed E-state index contributed by atoms with van der Waals surface area (Å²) >= 11 is 6.36. The maximum Gasteiger partial charge on any atom is 0.253 e. The number of nitrogens with zero attached hydrogens (tertiary/aromatic N) is 1. The Bertz CT molecular complexity index is 1490. The van der Waals surface area contributed by atoms with Crippen molar-refractivity contribution in [3.8, 4) is 0 Å². The van der Waals surface area contributed by atoms with Crippen molar-refractivity contribution < 1.29 is 17.6 Å². The SMILES string of the molecule is Cc1ccc(C(Nc2c(Nc3cc(S(=O)(=O)N4CCC[C@H]4C)ccc3Cl)c(=O)c2=O)C2(C)COC2)o1. The molecule has 0 spiro atoms. The topological polar surface area (TPSA) is 118 Å². The van der Waals surface area contributed by atoms with E-state index in [-0.39, 0.29) is 38.4 Å². The van der Waals surface area contributed by atoms with Crippen LogP contribution in [-0.2, 0) is 14.8 Å². The first-order valence-electron chi connectivity index (χ1n) is 11.8. The molecule has 1 unspecified atom stereocenters. The number of benzene rings is 1. The van der Waals surface area contributed by atoms with E-state index in [2.05, 4.69) is 10.6 Å². The van der Waals surface area contributed by atoms with Gasteiger partial charge in [0.15, 0.2) is 0 Å². The van der Waals surface area contributed by atoms with Gasteiger partial charge in [0.1, 0.15) is 22.9 Å². The zero-order chi connectivity index (χ0) is 25.8. The molecule has 0 aliphatic carbocycles. The smallest absolute Gasteiger partial charge is 0.253 e. The molecule has 11 heteroatoms. The number of hydrogen-bond acceptors (Lipinski definition) is 8. The van der Waals surface area contributed by atoms with E-state index in [1.54, 1.807) is 0 Å². The highest BCUT2D eigenvalue weighted by Crippen LogP contribution is 2.43. The van der Waals surface area contributed by atoms with Gasteiger partial charge in [0.2, 0.25) is 10.0 Å². The zero-order valence-electron chi connectivity index (χ0n) is 20.3. The monoisotopic (exact) mass is 533 g/mol. The van der Waals surface area contributed by atoms with Gasteiger partial charge < -0.3 is 19.8 Å². The number of aryl methyl sites for hydroxylation is 1. The third-order valence-electron chi connectivity index (χ3n) is 7.10. The molecule has 0 bridgehead atoms. The van der Waals surface area contributed by atoms with Crippen LogP contribution in [0.25, 0.3) is 0 Å². The highest BCUT2D eigenvalue weighted by molar-refractivity contribution is 7.89. The first-order valence-corrected chi connectivity index (χ1v) is 13.7. The second-order valence-electron chi connectivity index (χ2n) is 9.95. The molecule has 0 radical (unpaired) electrons. The van der Waals surface area contributed by atoms with Crippen molar-refractivity contribution in [2.75, 3.05) is 30.4 Å². The number of hydrogen-bond donors (Lipinski definition) is 2. The predicted molar refractivity (Wildman–Crippen MR) is 137 cm³/mol. The van der Waals surface area contributed by atoms with Crippen molar-refractivity contribution in [3.05, 3.63) is 67.3 Å². The molecule has 2 N–H and O–H groups in total. The fourth-order valence-corrected chi connectivity index (χ4v) is 6.77. The number of rotatable bonds is 8. The summed E-state index contributed by atoms with van der Waals surface area (Å²) in [6.07, 6.45) is 1.61. The summed E-state index contributed by atoms with van der Waals surface area (Å²) in [4.78, 5) is 25.2. The van der Waals surface area contributed by atoms with E-state index in [4.69, 9.17) is 20.8 Å². The molecular formula is C25H28ClN3O6S. The quantitative estimate of drug-likeness (QED) is 0.418.